The van der Waals surface area contributed by atoms with Crippen molar-refractivity contribution in [2.75, 3.05) is 7.11 Å². The minimum Gasteiger partial charge on any atom is -0.496 e. The van der Waals surface area contributed by atoms with Gasteiger partial charge in [0, 0.05) is 6.54 Å². The van der Waals surface area contributed by atoms with Gasteiger partial charge >= 0.3 is 0 Å². The van der Waals surface area contributed by atoms with Gasteiger partial charge in [0.25, 0.3) is 0 Å². The molecule has 5 heteroatoms. The zero-order valence-corrected chi connectivity index (χ0v) is 14.2. The number of ether oxygens (including phenoxy) is 1. The van der Waals surface area contributed by atoms with Gasteiger partial charge in [-0.3, -0.25) is 10.4 Å². The van der Waals surface area contributed by atoms with E-state index in [4.69, 9.17) is 4.74 Å². The molecule has 1 heterocycles. The summed E-state index contributed by atoms with van der Waals surface area (Å²) >= 11 is 0. The van der Waals surface area contributed by atoms with E-state index < -0.39 is 0 Å². The van der Waals surface area contributed by atoms with Crippen molar-refractivity contribution >= 4 is 0 Å². The number of benzene rings is 2. The molecule has 2 aromatic carbocycles. The highest BCUT2D eigenvalue weighted by molar-refractivity contribution is 5.36. The van der Waals surface area contributed by atoms with Gasteiger partial charge in [0.15, 0.2) is 5.82 Å². The number of nitrogens with zero attached hydrogens (tertiary/aromatic N) is 2. The Labute approximate surface area is 142 Å². The third-order valence-corrected chi connectivity index (χ3v) is 3.98. The minimum atomic E-state index is -0.0569. The molecule has 0 aliphatic carbocycles. The number of rotatable bonds is 6. The maximum Gasteiger partial charge on any atom is 0.172 e. The third kappa shape index (κ3) is 3.63. The van der Waals surface area contributed by atoms with Gasteiger partial charge in [-0.15, -0.1) is 0 Å². The zero-order valence-electron chi connectivity index (χ0n) is 14.2. The molecule has 0 fully saturated rings. The number of nitrogens with one attached hydrogen (secondary N) is 2. The summed E-state index contributed by atoms with van der Waals surface area (Å²) in [5.74, 6) is 2.47. The largest absolute Gasteiger partial charge is 0.496 e. The van der Waals surface area contributed by atoms with Gasteiger partial charge in [-0.2, -0.15) is 5.10 Å². The number of hydrogen-bond donors (Lipinski definition) is 2. The molecule has 24 heavy (non-hydrogen) atoms. The molecule has 0 bridgehead atoms. The molecule has 1 atom stereocenters. The van der Waals surface area contributed by atoms with E-state index in [1.165, 1.54) is 5.56 Å². The molecule has 0 aliphatic heterocycles. The predicted octanol–water partition coefficient (Wildman–Crippen LogP) is 3.31. The van der Waals surface area contributed by atoms with Crippen molar-refractivity contribution in [3.05, 3.63) is 76.9 Å². The summed E-state index contributed by atoms with van der Waals surface area (Å²) in [4.78, 5) is 4.50. The van der Waals surface area contributed by atoms with Crippen LogP contribution in [0.25, 0.3) is 0 Å². The first-order valence-electron chi connectivity index (χ1n) is 7.98. The van der Waals surface area contributed by atoms with Crippen LogP contribution in [0.2, 0.25) is 0 Å². The van der Waals surface area contributed by atoms with Crippen LogP contribution in [0.5, 0.6) is 5.75 Å². The number of H-pyrrole nitrogens is 1. The van der Waals surface area contributed by atoms with Crippen LogP contribution in [0.15, 0.2) is 48.5 Å². The van der Waals surface area contributed by atoms with Gasteiger partial charge in [0.05, 0.1) is 13.2 Å². The SMILES string of the molecule is COc1ccc(CN[C@@H](c2ccccc2)c2n[nH]c(C)n2)cc1C. The van der Waals surface area contributed by atoms with Crippen molar-refractivity contribution in [3.63, 3.8) is 0 Å². The van der Waals surface area contributed by atoms with Gasteiger partial charge in [0.1, 0.15) is 11.6 Å². The lowest BCUT2D eigenvalue weighted by molar-refractivity contribution is 0.411. The Morgan fingerprint density at radius 2 is 1.92 bits per heavy atom. The fourth-order valence-corrected chi connectivity index (χ4v) is 2.76. The molecule has 0 spiro atoms. The van der Waals surface area contributed by atoms with E-state index in [1.54, 1.807) is 7.11 Å². The molecule has 1 aromatic heterocycles. The summed E-state index contributed by atoms with van der Waals surface area (Å²) in [5, 5.41) is 10.8. The minimum absolute atomic E-state index is 0.0569. The van der Waals surface area contributed by atoms with Crippen molar-refractivity contribution in [1.82, 2.24) is 20.5 Å². The summed E-state index contributed by atoms with van der Waals surface area (Å²) in [6.45, 7) is 4.68. The summed E-state index contributed by atoms with van der Waals surface area (Å²) < 4.78 is 5.32. The molecule has 5 nitrogen and oxygen atoms in total. The van der Waals surface area contributed by atoms with Crippen LogP contribution in [0.4, 0.5) is 0 Å². The first-order valence-corrected chi connectivity index (χ1v) is 7.98. The number of aromatic amines is 1. The first kappa shape index (κ1) is 16.2. The van der Waals surface area contributed by atoms with Crippen LogP contribution in [0, 0.1) is 13.8 Å². The molecule has 0 saturated heterocycles. The fourth-order valence-electron chi connectivity index (χ4n) is 2.76. The first-order chi connectivity index (χ1) is 11.7. The van der Waals surface area contributed by atoms with Gasteiger partial charge in [-0.05, 0) is 36.6 Å². The molecule has 0 amide bonds. The standard InChI is InChI=1S/C19H22N4O/c1-13-11-15(9-10-17(13)24-3)12-20-18(16-7-5-4-6-8-16)19-21-14(2)22-23-19/h4-11,18,20H,12H2,1-3H3,(H,21,22,23)/t18-/m0/s1. The summed E-state index contributed by atoms with van der Waals surface area (Å²) in [7, 11) is 1.69. The molecule has 3 rings (SSSR count). The van der Waals surface area contributed by atoms with Gasteiger partial charge < -0.3 is 4.74 Å². The topological polar surface area (TPSA) is 62.8 Å². The molecule has 2 N–H and O–H groups in total. The Hall–Kier alpha value is -2.66. The van der Waals surface area contributed by atoms with Crippen LogP contribution >= 0.6 is 0 Å². The second-order valence-electron chi connectivity index (χ2n) is 5.81. The van der Waals surface area contributed by atoms with Crippen LogP contribution in [0.1, 0.15) is 34.4 Å². The second kappa shape index (κ2) is 7.27. The molecule has 3 aromatic rings. The highest BCUT2D eigenvalue weighted by Crippen LogP contribution is 2.21. The van der Waals surface area contributed by atoms with Crippen molar-refractivity contribution in [2.24, 2.45) is 0 Å². The predicted molar refractivity (Wildman–Crippen MR) is 94.0 cm³/mol. The molecular formula is C19H22N4O. The van der Waals surface area contributed by atoms with E-state index >= 15 is 0 Å². The average molecular weight is 322 g/mol. The van der Waals surface area contributed by atoms with E-state index in [9.17, 15) is 0 Å². The Kier molecular flexibility index (Phi) is 4.91. The Morgan fingerprint density at radius 1 is 1.12 bits per heavy atom. The molecule has 0 unspecified atom stereocenters. The quantitative estimate of drug-likeness (QED) is 0.731. The average Bonchev–Trinajstić information content (AvgIpc) is 3.02. The molecule has 0 radical (unpaired) electrons. The Bertz CT molecular complexity index is 798. The Morgan fingerprint density at radius 3 is 2.54 bits per heavy atom. The number of hydrogen-bond acceptors (Lipinski definition) is 4. The molecule has 0 aliphatic rings. The molecule has 0 saturated carbocycles. The normalized spacial score (nSPS) is 12.1. The zero-order chi connectivity index (χ0) is 16.9. The summed E-state index contributed by atoms with van der Waals surface area (Å²) in [6, 6.07) is 16.4. The van der Waals surface area contributed by atoms with Crippen molar-refractivity contribution in [1.29, 1.82) is 0 Å². The number of aryl methyl sites for hydroxylation is 2. The van der Waals surface area contributed by atoms with Crippen LogP contribution < -0.4 is 10.1 Å². The van der Waals surface area contributed by atoms with E-state index in [2.05, 4.69) is 51.7 Å². The second-order valence-corrected chi connectivity index (χ2v) is 5.81. The smallest absolute Gasteiger partial charge is 0.172 e. The highest BCUT2D eigenvalue weighted by atomic mass is 16.5. The summed E-state index contributed by atoms with van der Waals surface area (Å²) in [5.41, 5.74) is 3.46. The maximum absolute atomic E-state index is 5.32. The number of aromatic nitrogens is 3. The highest BCUT2D eigenvalue weighted by Gasteiger charge is 2.18. The van der Waals surface area contributed by atoms with E-state index in [1.807, 2.05) is 31.2 Å². The van der Waals surface area contributed by atoms with Crippen LogP contribution in [-0.4, -0.2) is 22.3 Å². The lowest BCUT2D eigenvalue weighted by Gasteiger charge is -2.17. The van der Waals surface area contributed by atoms with Crippen LogP contribution in [-0.2, 0) is 6.54 Å². The lowest BCUT2D eigenvalue weighted by atomic mass is 10.1. The third-order valence-electron chi connectivity index (χ3n) is 3.98. The Balaban J connectivity index is 1.81. The van der Waals surface area contributed by atoms with Crippen molar-refractivity contribution in [2.45, 2.75) is 26.4 Å². The van der Waals surface area contributed by atoms with Crippen molar-refractivity contribution in [3.8, 4) is 5.75 Å². The van der Waals surface area contributed by atoms with Gasteiger partial charge in [-0.1, -0.05) is 42.5 Å². The summed E-state index contributed by atoms with van der Waals surface area (Å²) in [6.07, 6.45) is 0. The van der Waals surface area contributed by atoms with Crippen LogP contribution in [0.3, 0.4) is 0 Å². The monoisotopic (exact) mass is 322 g/mol. The molecular weight excluding hydrogens is 300 g/mol. The van der Waals surface area contributed by atoms with Crippen molar-refractivity contribution < 1.29 is 4.74 Å². The fraction of sp³-hybridized carbons (Fsp3) is 0.263. The van der Waals surface area contributed by atoms with Gasteiger partial charge in [0.2, 0.25) is 0 Å². The number of methoxy groups -OCH3 is 1. The van der Waals surface area contributed by atoms with Gasteiger partial charge in [-0.25, -0.2) is 4.98 Å². The van der Waals surface area contributed by atoms with E-state index in [0.717, 1.165) is 35.1 Å². The molecule has 124 valence electrons. The lowest BCUT2D eigenvalue weighted by Crippen LogP contribution is -2.23. The van der Waals surface area contributed by atoms with E-state index in [0.29, 0.717) is 0 Å². The maximum atomic E-state index is 5.32. The van der Waals surface area contributed by atoms with E-state index in [-0.39, 0.29) is 6.04 Å².